The number of allylic oxidation sites excluding steroid dienone is 2. The zero-order valence-corrected chi connectivity index (χ0v) is 37.0. The number of hydrogen-bond donors (Lipinski definition) is 2. The number of ether oxygens (including phenoxy) is 11. The summed E-state index contributed by atoms with van der Waals surface area (Å²) in [6, 6.07) is 0. The predicted molar refractivity (Wildman–Crippen MR) is 220 cm³/mol. The number of methoxy groups -OCH3 is 2. The minimum absolute atomic E-state index is 0.0407. The van der Waals surface area contributed by atoms with Crippen molar-refractivity contribution in [3.05, 3.63) is 59.3 Å². The number of carbonyl (C=O) groups is 1. The molecule has 0 aromatic rings. The van der Waals surface area contributed by atoms with Crippen LogP contribution < -0.4 is 0 Å². The zero-order chi connectivity index (χ0) is 43.2. The van der Waals surface area contributed by atoms with Crippen molar-refractivity contribution in [2.75, 3.05) is 47.6 Å². The fourth-order valence-electron chi connectivity index (χ4n) is 9.54. The maximum absolute atomic E-state index is 14.3. The van der Waals surface area contributed by atoms with Crippen LogP contribution in [0.3, 0.4) is 0 Å². The minimum Gasteiger partial charge on any atom is -0.462 e. The average Bonchev–Trinajstić information content (AvgIpc) is 3.57. The van der Waals surface area contributed by atoms with E-state index in [0.29, 0.717) is 50.0 Å². The number of esters is 1. The molecule has 2 N–H and O–H groups in total. The van der Waals surface area contributed by atoms with E-state index in [0.717, 1.165) is 12.0 Å². The Labute approximate surface area is 356 Å². The van der Waals surface area contributed by atoms with Gasteiger partial charge in [0.1, 0.15) is 49.5 Å². The van der Waals surface area contributed by atoms with Gasteiger partial charge in [0.25, 0.3) is 0 Å². The minimum atomic E-state index is -1.82. The van der Waals surface area contributed by atoms with E-state index in [1.807, 2.05) is 32.1 Å². The Morgan fingerprint density at radius 3 is 2.48 bits per heavy atom. The van der Waals surface area contributed by atoms with Crippen molar-refractivity contribution in [1.29, 1.82) is 0 Å². The molecule has 0 aromatic carbocycles. The topological polar surface area (TPSA) is 159 Å². The van der Waals surface area contributed by atoms with E-state index in [2.05, 4.69) is 39.8 Å². The highest BCUT2D eigenvalue weighted by atomic mass is 16.7. The zero-order valence-electron chi connectivity index (χ0n) is 37.0. The summed E-state index contributed by atoms with van der Waals surface area (Å²) in [5.74, 6) is -2.50. The summed E-state index contributed by atoms with van der Waals surface area (Å²) in [6.07, 6.45) is 10.9. The summed E-state index contributed by atoms with van der Waals surface area (Å²) in [7, 11) is 3.22. The van der Waals surface area contributed by atoms with E-state index in [-0.39, 0.29) is 68.5 Å². The smallest absolute Gasteiger partial charge is 0.316 e. The second kappa shape index (κ2) is 20.9. The molecule has 14 heteroatoms. The van der Waals surface area contributed by atoms with Crippen molar-refractivity contribution in [2.45, 2.75) is 153 Å². The normalized spacial score (nSPS) is 43.9. The molecular weight excluding hydrogens is 776 g/mol. The van der Waals surface area contributed by atoms with E-state index in [4.69, 9.17) is 52.1 Å². The lowest BCUT2D eigenvalue weighted by Gasteiger charge is -2.48. The van der Waals surface area contributed by atoms with E-state index in [1.165, 1.54) is 0 Å². The molecule has 1 spiro atoms. The van der Waals surface area contributed by atoms with Crippen molar-refractivity contribution >= 4 is 5.97 Å². The largest absolute Gasteiger partial charge is 0.462 e. The number of aliphatic hydroxyl groups excluding tert-OH is 1. The summed E-state index contributed by atoms with van der Waals surface area (Å²) < 4.78 is 67.3. The second-order valence-electron chi connectivity index (χ2n) is 17.6. The number of aliphatic hydroxyl groups is 2. The van der Waals surface area contributed by atoms with E-state index in [1.54, 1.807) is 33.3 Å². The van der Waals surface area contributed by atoms with Gasteiger partial charge in [-0.2, -0.15) is 0 Å². The lowest BCUT2D eigenvalue weighted by Crippen LogP contribution is -2.58. The van der Waals surface area contributed by atoms with E-state index >= 15 is 0 Å². The van der Waals surface area contributed by atoms with Gasteiger partial charge in [0.2, 0.25) is 0 Å². The van der Waals surface area contributed by atoms with Gasteiger partial charge in [0, 0.05) is 45.3 Å². The Morgan fingerprint density at radius 1 is 0.983 bits per heavy atom. The fourth-order valence-corrected chi connectivity index (χ4v) is 9.54. The monoisotopic (exact) mass is 846 g/mol. The van der Waals surface area contributed by atoms with Crippen LogP contribution in [0.25, 0.3) is 0 Å². The van der Waals surface area contributed by atoms with Gasteiger partial charge in [-0.1, -0.05) is 70.6 Å². The van der Waals surface area contributed by atoms with Crippen LogP contribution in [0.15, 0.2) is 59.3 Å². The van der Waals surface area contributed by atoms with Crippen LogP contribution in [-0.2, 0) is 56.9 Å². The lowest BCUT2D eigenvalue weighted by molar-refractivity contribution is -0.300. The third-order valence-corrected chi connectivity index (χ3v) is 13.2. The Hall–Kier alpha value is -2.31. The SMILES string of the molecule is CCC(C)[C@H]1O[C@]2(C=C[C@@H]1C)C[C@@H]1C[C@@H](C/C=C(\C)[C@@H](OC3C[C@H](OC)[C@@H](OCOCCOCOC)[C@H](C)O3)C(C)/C=C/C=C3\CO[C@@H]4[C@H](O)C(C)=C[C@@H](C(=O)O1)[C@]34O)O2. The summed E-state index contributed by atoms with van der Waals surface area (Å²) >= 11 is 0. The van der Waals surface area contributed by atoms with Crippen molar-refractivity contribution in [3.63, 3.8) is 0 Å². The van der Waals surface area contributed by atoms with Crippen LogP contribution in [0, 0.1) is 23.7 Å². The highest BCUT2D eigenvalue weighted by Gasteiger charge is 2.60. The van der Waals surface area contributed by atoms with Crippen molar-refractivity contribution in [3.8, 4) is 0 Å². The Morgan fingerprint density at radius 2 is 1.75 bits per heavy atom. The third-order valence-electron chi connectivity index (χ3n) is 13.2. The Bertz CT molecular complexity index is 1590. The highest BCUT2D eigenvalue weighted by Crippen LogP contribution is 2.47. The number of rotatable bonds is 13. The molecule has 6 aliphatic rings. The fraction of sp³-hybridized carbons (Fsp3) is 0.761. The van der Waals surface area contributed by atoms with Gasteiger partial charge in [-0.25, -0.2) is 0 Å². The molecule has 5 heterocycles. The average molecular weight is 847 g/mol. The summed E-state index contributed by atoms with van der Waals surface area (Å²) in [4.78, 5) is 14.3. The van der Waals surface area contributed by atoms with Crippen LogP contribution in [0.1, 0.15) is 80.6 Å². The first-order valence-electron chi connectivity index (χ1n) is 21.8. The standard InChI is InChI=1S/C46H70O14/c1-10-27(2)41-30(5)16-17-45(60-41)23-35-21-34(59-45)15-14-29(4)40(58-38-22-37(51-9)42(32(7)56-38)55-26-53-19-18-52-25-50-8)28(3)12-11-13-33-24-54-43-39(47)31(6)20-36(44(48)57-35)46(33,43)49/h11-14,16-17,20,27-28,30,32,34-43,47,49H,10,15,18-19,21-26H2,1-9H3/b12-11+,29-14+,33-13+/t27?,28?,30-,32-,34+,35-,36-,37-,38?,39+,40-,41+,42-,43+,45+,46+/m0/s1. The summed E-state index contributed by atoms with van der Waals surface area (Å²) in [6.45, 7) is 15.3. The first-order valence-corrected chi connectivity index (χ1v) is 21.8. The maximum atomic E-state index is 14.3. The molecule has 2 bridgehead atoms. The summed E-state index contributed by atoms with van der Waals surface area (Å²) in [5.41, 5.74) is 0.173. The highest BCUT2D eigenvalue weighted by molar-refractivity contribution is 5.78. The van der Waals surface area contributed by atoms with Crippen molar-refractivity contribution < 1.29 is 67.1 Å². The predicted octanol–water partition coefficient (Wildman–Crippen LogP) is 5.46. The van der Waals surface area contributed by atoms with Gasteiger partial charge in [0.05, 0.1) is 50.3 Å². The number of carbonyl (C=O) groups excluding carboxylic acids is 1. The number of hydrogen-bond acceptors (Lipinski definition) is 14. The van der Waals surface area contributed by atoms with Crippen LogP contribution in [-0.4, -0.2) is 136 Å². The molecule has 1 aliphatic carbocycles. The van der Waals surface area contributed by atoms with Crippen LogP contribution >= 0.6 is 0 Å². The van der Waals surface area contributed by atoms with E-state index in [9.17, 15) is 15.0 Å². The Balaban J connectivity index is 1.28. The van der Waals surface area contributed by atoms with Gasteiger partial charge in [-0.15, -0.1) is 0 Å². The second-order valence-corrected chi connectivity index (χ2v) is 17.6. The van der Waals surface area contributed by atoms with Crippen LogP contribution in [0.4, 0.5) is 0 Å². The van der Waals surface area contributed by atoms with E-state index < -0.39 is 54.0 Å². The molecular formula is C46H70O14. The molecule has 3 unspecified atom stereocenters. The first kappa shape index (κ1) is 47.2. The molecule has 60 heavy (non-hydrogen) atoms. The first-order chi connectivity index (χ1) is 28.7. The molecule has 3 fully saturated rings. The third kappa shape index (κ3) is 10.5. The Kier molecular flexibility index (Phi) is 16.4. The summed E-state index contributed by atoms with van der Waals surface area (Å²) in [5, 5.41) is 23.7. The van der Waals surface area contributed by atoms with Crippen LogP contribution in [0.5, 0.6) is 0 Å². The van der Waals surface area contributed by atoms with Gasteiger partial charge in [-0.3, -0.25) is 4.79 Å². The molecule has 14 nitrogen and oxygen atoms in total. The molecule has 338 valence electrons. The molecule has 0 saturated carbocycles. The van der Waals surface area contributed by atoms with Gasteiger partial charge < -0.3 is 62.3 Å². The molecule has 16 atom stereocenters. The molecule has 0 aromatic heterocycles. The maximum Gasteiger partial charge on any atom is 0.316 e. The van der Waals surface area contributed by atoms with Crippen molar-refractivity contribution in [1.82, 2.24) is 0 Å². The van der Waals surface area contributed by atoms with Gasteiger partial charge in [0.15, 0.2) is 12.1 Å². The molecule has 5 aliphatic heterocycles. The molecule has 0 amide bonds. The molecule has 3 saturated heterocycles. The molecule has 0 radical (unpaired) electrons. The van der Waals surface area contributed by atoms with Gasteiger partial charge >= 0.3 is 5.97 Å². The quantitative estimate of drug-likeness (QED) is 0.104. The number of fused-ring (bicyclic) bond motifs is 2. The van der Waals surface area contributed by atoms with Gasteiger partial charge in [-0.05, 0) is 55.9 Å². The van der Waals surface area contributed by atoms with Crippen LogP contribution in [0.2, 0.25) is 0 Å². The lowest BCUT2D eigenvalue weighted by atomic mass is 9.71. The van der Waals surface area contributed by atoms with Crippen molar-refractivity contribution in [2.24, 2.45) is 23.7 Å². The molecule has 6 rings (SSSR count).